The fourth-order valence-corrected chi connectivity index (χ4v) is 6.99. The molecule has 0 spiro atoms. The first kappa shape index (κ1) is 39.9. The monoisotopic (exact) mass is 923 g/mol. The molecule has 1 unspecified atom stereocenters. The molecule has 16 heteroatoms. The molecule has 0 amide bonds. The van der Waals surface area contributed by atoms with E-state index < -0.39 is 13.2 Å². The third-order valence-electron chi connectivity index (χ3n) is 8.49. The van der Waals surface area contributed by atoms with Gasteiger partial charge in [0.15, 0.2) is 0 Å². The second-order valence-corrected chi connectivity index (χ2v) is 14.5. The lowest BCUT2D eigenvalue weighted by molar-refractivity contribution is -0.0511. The van der Waals surface area contributed by atoms with E-state index in [2.05, 4.69) is 63.3 Å². The first-order valence-electron chi connectivity index (χ1n) is 16.0. The smallest absolute Gasteiger partial charge is 0.387 e. The lowest BCUT2D eigenvalue weighted by Gasteiger charge is -2.16. The Hall–Kier alpha value is -4.33. The van der Waals surface area contributed by atoms with Crippen LogP contribution in [-0.4, -0.2) is 32.0 Å². The molecule has 0 bridgehead atoms. The summed E-state index contributed by atoms with van der Waals surface area (Å²) in [5, 5.41) is 10.7. The Morgan fingerprint density at radius 3 is 1.55 bits per heavy atom. The average Bonchev–Trinajstić information content (AvgIpc) is 3.48. The summed E-state index contributed by atoms with van der Waals surface area (Å²) in [5.74, 6) is -0.0564. The summed E-state index contributed by atoms with van der Waals surface area (Å²) in [7, 11) is 3.28. The van der Waals surface area contributed by atoms with E-state index in [4.69, 9.17) is 5.26 Å². The SMILES string of the molecule is CC(C#N)Cc1ccc(OC(F)F)c(Cn2c3cc(Br)ccc3c(=O)n2C)c1.Cn1c(=O)c2ccc(Br)cc2n1Cc1cc(CBr)ccc1OC(F)F. The fourth-order valence-electron chi connectivity index (χ4n) is 5.94. The van der Waals surface area contributed by atoms with Crippen LogP contribution in [0, 0.1) is 17.2 Å². The molecule has 0 saturated heterocycles. The number of alkyl halides is 5. The van der Waals surface area contributed by atoms with Gasteiger partial charge in [-0.25, -0.2) is 0 Å². The van der Waals surface area contributed by atoms with Crippen molar-refractivity contribution in [3.8, 4) is 17.6 Å². The summed E-state index contributed by atoms with van der Waals surface area (Å²) in [6.07, 6.45) is 0.495. The van der Waals surface area contributed by atoms with Crippen LogP contribution in [0.1, 0.15) is 29.2 Å². The number of ether oxygens (including phenoxy) is 2. The second-order valence-electron chi connectivity index (χ2n) is 12.1. The third-order valence-corrected chi connectivity index (χ3v) is 10.1. The highest BCUT2D eigenvalue weighted by Crippen LogP contribution is 2.28. The Balaban J connectivity index is 0.000000206. The van der Waals surface area contributed by atoms with Gasteiger partial charge in [-0.15, -0.1) is 0 Å². The minimum Gasteiger partial charge on any atom is -0.434 e. The number of fused-ring (bicyclic) bond motifs is 2. The van der Waals surface area contributed by atoms with Gasteiger partial charge in [-0.2, -0.15) is 22.8 Å². The molecule has 0 aliphatic carbocycles. The molecule has 4 aromatic carbocycles. The fraction of sp³-hybridized carbons (Fsp3) is 0.270. The van der Waals surface area contributed by atoms with E-state index in [1.54, 1.807) is 78.9 Å². The maximum atomic E-state index is 12.9. The summed E-state index contributed by atoms with van der Waals surface area (Å²) in [6, 6.07) is 22.8. The van der Waals surface area contributed by atoms with E-state index in [0.717, 1.165) is 20.1 Å². The van der Waals surface area contributed by atoms with Gasteiger partial charge in [-0.05, 0) is 79.1 Å². The lowest BCUT2D eigenvalue weighted by Crippen LogP contribution is -2.20. The minimum atomic E-state index is -2.96. The number of nitriles is 1. The highest BCUT2D eigenvalue weighted by Gasteiger charge is 2.18. The summed E-state index contributed by atoms with van der Waals surface area (Å²) in [5.41, 5.74) is 3.94. The van der Waals surface area contributed by atoms with Crippen molar-refractivity contribution in [1.82, 2.24) is 18.7 Å². The average molecular weight is 926 g/mol. The van der Waals surface area contributed by atoms with Crippen LogP contribution in [0.5, 0.6) is 11.5 Å². The summed E-state index contributed by atoms with van der Waals surface area (Å²) in [4.78, 5) is 24.9. The third kappa shape index (κ3) is 9.25. The van der Waals surface area contributed by atoms with Crippen LogP contribution >= 0.6 is 47.8 Å². The molecule has 6 rings (SSSR count). The van der Waals surface area contributed by atoms with Crippen molar-refractivity contribution >= 4 is 69.6 Å². The molecule has 0 aliphatic rings. The maximum absolute atomic E-state index is 12.9. The van der Waals surface area contributed by atoms with Crippen molar-refractivity contribution in [2.45, 2.75) is 45.0 Å². The van der Waals surface area contributed by atoms with Crippen molar-refractivity contribution in [3.05, 3.63) is 125 Å². The molecule has 53 heavy (non-hydrogen) atoms. The maximum Gasteiger partial charge on any atom is 0.387 e. The van der Waals surface area contributed by atoms with Crippen LogP contribution < -0.4 is 20.6 Å². The molecule has 1 atom stereocenters. The number of hydrogen-bond acceptors (Lipinski definition) is 5. The molecule has 2 aromatic heterocycles. The van der Waals surface area contributed by atoms with E-state index in [-0.39, 0.29) is 41.6 Å². The zero-order valence-corrected chi connectivity index (χ0v) is 33.3. The number of nitrogens with zero attached hydrogens (tertiary/aromatic N) is 5. The van der Waals surface area contributed by atoms with Crippen LogP contribution in [-0.2, 0) is 38.9 Å². The van der Waals surface area contributed by atoms with Gasteiger partial charge < -0.3 is 9.47 Å². The largest absolute Gasteiger partial charge is 0.434 e. The summed E-state index contributed by atoms with van der Waals surface area (Å²) in [6.45, 7) is -3.67. The molecule has 9 nitrogen and oxygen atoms in total. The number of aromatic nitrogens is 4. The van der Waals surface area contributed by atoms with Gasteiger partial charge in [0.2, 0.25) is 0 Å². The van der Waals surface area contributed by atoms with Gasteiger partial charge in [0.25, 0.3) is 11.1 Å². The van der Waals surface area contributed by atoms with E-state index >= 15 is 0 Å². The number of halogens is 7. The quantitative estimate of drug-likeness (QED) is 0.0955. The predicted molar refractivity (Wildman–Crippen MR) is 205 cm³/mol. The second kappa shape index (κ2) is 17.2. The Morgan fingerprint density at radius 2 is 1.13 bits per heavy atom. The number of rotatable bonds is 11. The van der Waals surface area contributed by atoms with Crippen molar-refractivity contribution in [2.24, 2.45) is 20.0 Å². The summed E-state index contributed by atoms with van der Waals surface area (Å²) < 4.78 is 68.5. The molecule has 0 saturated carbocycles. The standard InChI is InChI=1S/C20H18BrF2N3O2.C17H14Br2F2N2O2/c1-12(10-24)7-13-3-6-18(28-20(22)23)14(8-13)11-26-17-9-15(21)4-5-16(17)19(27)25(26)2;1-22-16(24)13-4-3-12(19)7-14(13)23(22)9-11-6-10(8-18)2-5-15(11)25-17(20)21/h3-6,8-9,12,20H,7,11H2,1-2H3;2-7,17H,8-9H2,1H3. The topological polar surface area (TPSA) is 96.1 Å². The Labute approximate surface area is 326 Å². The van der Waals surface area contributed by atoms with Crippen molar-refractivity contribution in [1.29, 1.82) is 5.26 Å². The van der Waals surface area contributed by atoms with E-state index in [9.17, 15) is 27.2 Å². The number of hydrogen-bond donors (Lipinski definition) is 0. The van der Waals surface area contributed by atoms with Gasteiger partial charge in [-0.1, -0.05) is 66.0 Å². The van der Waals surface area contributed by atoms with Gasteiger partial charge in [0.05, 0.1) is 41.0 Å². The Morgan fingerprint density at radius 1 is 0.698 bits per heavy atom. The zero-order chi connectivity index (χ0) is 38.6. The molecule has 278 valence electrons. The molecule has 0 radical (unpaired) electrons. The molecular weight excluding hydrogens is 894 g/mol. The molecule has 0 N–H and O–H groups in total. The van der Waals surface area contributed by atoms with Gasteiger partial charge >= 0.3 is 13.2 Å². The van der Waals surface area contributed by atoms with Crippen LogP contribution in [0.3, 0.4) is 0 Å². The van der Waals surface area contributed by atoms with E-state index in [1.165, 1.54) is 21.5 Å². The van der Waals surface area contributed by atoms with E-state index in [0.29, 0.717) is 44.7 Å². The summed E-state index contributed by atoms with van der Waals surface area (Å²) >= 11 is 10.2. The van der Waals surface area contributed by atoms with Gasteiger partial charge in [-0.3, -0.25) is 28.3 Å². The first-order chi connectivity index (χ1) is 25.2. The van der Waals surface area contributed by atoms with Crippen LogP contribution in [0.15, 0.2) is 91.3 Å². The van der Waals surface area contributed by atoms with Crippen molar-refractivity contribution in [2.75, 3.05) is 0 Å². The molecule has 0 aliphatic heterocycles. The van der Waals surface area contributed by atoms with Crippen LogP contribution in [0.4, 0.5) is 17.6 Å². The van der Waals surface area contributed by atoms with Crippen LogP contribution in [0.25, 0.3) is 21.8 Å². The normalized spacial score (nSPS) is 11.9. The first-order valence-corrected chi connectivity index (χ1v) is 18.7. The predicted octanol–water partition coefficient (Wildman–Crippen LogP) is 9.10. The van der Waals surface area contributed by atoms with Crippen molar-refractivity contribution < 1.29 is 27.0 Å². The molecule has 2 heterocycles. The zero-order valence-electron chi connectivity index (χ0n) is 28.5. The van der Waals surface area contributed by atoms with Gasteiger partial charge in [0.1, 0.15) is 11.5 Å². The van der Waals surface area contributed by atoms with Gasteiger partial charge in [0, 0.05) is 45.4 Å². The Kier molecular flexibility index (Phi) is 12.9. The van der Waals surface area contributed by atoms with E-state index in [1.807, 2.05) is 12.1 Å². The van der Waals surface area contributed by atoms with Crippen molar-refractivity contribution in [3.63, 3.8) is 0 Å². The highest BCUT2D eigenvalue weighted by atomic mass is 79.9. The Bertz CT molecular complexity index is 2430. The highest BCUT2D eigenvalue weighted by molar-refractivity contribution is 9.10. The minimum absolute atomic E-state index is 0.0488. The number of benzene rings is 4. The molecule has 6 aromatic rings. The van der Waals surface area contributed by atoms with Crippen LogP contribution in [0.2, 0.25) is 0 Å². The molecular formula is C37H32Br3F4N5O4. The lowest BCUT2D eigenvalue weighted by atomic mass is 10.00. The molecule has 0 fully saturated rings.